The molecule has 18 heavy (non-hydrogen) atoms. The molecule has 0 radical (unpaired) electrons. The number of likely N-dealkylation sites (tertiary alicyclic amines) is 1. The molecule has 0 spiro atoms. The van der Waals surface area contributed by atoms with Gasteiger partial charge in [0.2, 0.25) is 5.91 Å². The average molecular weight is 255 g/mol. The summed E-state index contributed by atoms with van der Waals surface area (Å²) in [5.74, 6) is -1.24. The first-order valence-corrected chi connectivity index (χ1v) is 6.52. The molecule has 2 aliphatic rings. The molecule has 1 aliphatic carbocycles. The lowest BCUT2D eigenvalue weighted by Gasteiger charge is -2.49. The van der Waals surface area contributed by atoms with E-state index in [9.17, 15) is 14.7 Å². The van der Waals surface area contributed by atoms with Crippen LogP contribution < -0.4 is 0 Å². The molecule has 0 aromatic carbocycles. The highest BCUT2D eigenvalue weighted by molar-refractivity contribution is 5.82. The Bertz CT molecular complexity index is 351. The van der Waals surface area contributed by atoms with Gasteiger partial charge in [0.15, 0.2) is 0 Å². The van der Waals surface area contributed by atoms with Gasteiger partial charge in [0, 0.05) is 25.6 Å². The van der Waals surface area contributed by atoms with Crippen molar-refractivity contribution in [2.75, 3.05) is 7.11 Å². The smallest absolute Gasteiger partial charge is 0.308 e. The molecule has 0 aromatic heterocycles. The third kappa shape index (κ3) is 2.11. The van der Waals surface area contributed by atoms with Crippen LogP contribution in [0, 0.1) is 11.8 Å². The summed E-state index contributed by atoms with van der Waals surface area (Å²) in [7, 11) is 1.67. The number of hydrogen-bond donors (Lipinski definition) is 1. The molecular formula is C13H21NO4. The van der Waals surface area contributed by atoms with Gasteiger partial charge in [-0.2, -0.15) is 0 Å². The Morgan fingerprint density at radius 1 is 1.39 bits per heavy atom. The maximum atomic E-state index is 12.1. The second kappa shape index (κ2) is 4.88. The van der Waals surface area contributed by atoms with Crippen LogP contribution in [-0.2, 0) is 14.3 Å². The fourth-order valence-corrected chi connectivity index (χ4v) is 3.33. The summed E-state index contributed by atoms with van der Waals surface area (Å²) in [6.07, 6.45) is 2.22. The second-order valence-corrected chi connectivity index (χ2v) is 5.57. The lowest BCUT2D eigenvalue weighted by molar-refractivity contribution is -0.161. The molecule has 1 aliphatic heterocycles. The van der Waals surface area contributed by atoms with Crippen molar-refractivity contribution in [2.24, 2.45) is 11.8 Å². The molecule has 3 atom stereocenters. The number of carboxylic acids is 1. The average Bonchev–Trinajstić information content (AvgIpc) is 2.19. The summed E-state index contributed by atoms with van der Waals surface area (Å²) in [5.41, 5.74) is 0. The zero-order valence-electron chi connectivity index (χ0n) is 11.1. The maximum absolute atomic E-state index is 12.1. The molecule has 5 heteroatoms. The Balaban J connectivity index is 2.09. The van der Waals surface area contributed by atoms with E-state index < -0.39 is 11.9 Å². The summed E-state index contributed by atoms with van der Waals surface area (Å²) < 4.78 is 5.22. The van der Waals surface area contributed by atoms with Gasteiger partial charge >= 0.3 is 5.97 Å². The first kappa shape index (κ1) is 13.3. The van der Waals surface area contributed by atoms with Crippen molar-refractivity contribution in [1.82, 2.24) is 4.90 Å². The van der Waals surface area contributed by atoms with Crippen molar-refractivity contribution in [3.8, 4) is 0 Å². The maximum Gasteiger partial charge on any atom is 0.308 e. The summed E-state index contributed by atoms with van der Waals surface area (Å²) in [5, 5.41) is 9.29. The van der Waals surface area contributed by atoms with Crippen LogP contribution in [0.15, 0.2) is 0 Å². The first-order valence-electron chi connectivity index (χ1n) is 6.52. The summed E-state index contributed by atoms with van der Waals surface area (Å²) in [4.78, 5) is 25.2. The second-order valence-electron chi connectivity index (χ2n) is 5.57. The lowest BCUT2D eigenvalue weighted by Crippen LogP contribution is -2.60. The molecule has 1 amide bonds. The standard InChI is InChI=1S/C13H21NO4/c1-7-4-11(15)14(8(2)12(7)13(16)17)9-5-10(6-9)18-3/h7-10,12H,4-6H2,1-3H3,(H,16,17). The first-order chi connectivity index (χ1) is 8.45. The van der Waals surface area contributed by atoms with Gasteiger partial charge in [0.25, 0.3) is 0 Å². The largest absolute Gasteiger partial charge is 0.481 e. The number of aliphatic carboxylic acids is 1. The van der Waals surface area contributed by atoms with Crippen molar-refractivity contribution in [3.05, 3.63) is 0 Å². The Morgan fingerprint density at radius 2 is 2.00 bits per heavy atom. The van der Waals surface area contributed by atoms with E-state index in [1.54, 1.807) is 12.0 Å². The number of hydrogen-bond acceptors (Lipinski definition) is 3. The van der Waals surface area contributed by atoms with Gasteiger partial charge in [-0.25, -0.2) is 0 Å². The number of nitrogens with zero attached hydrogens (tertiary/aromatic N) is 1. The third-order valence-electron chi connectivity index (χ3n) is 4.44. The normalized spacial score (nSPS) is 40.5. The van der Waals surface area contributed by atoms with Crippen molar-refractivity contribution in [1.29, 1.82) is 0 Å². The van der Waals surface area contributed by atoms with Gasteiger partial charge in [-0.15, -0.1) is 0 Å². The van der Waals surface area contributed by atoms with Crippen LogP contribution in [0.4, 0.5) is 0 Å². The van der Waals surface area contributed by atoms with E-state index in [-0.39, 0.29) is 30.0 Å². The van der Waals surface area contributed by atoms with Crippen molar-refractivity contribution < 1.29 is 19.4 Å². The van der Waals surface area contributed by atoms with E-state index in [2.05, 4.69) is 0 Å². The van der Waals surface area contributed by atoms with Crippen LogP contribution in [-0.4, -0.2) is 47.2 Å². The molecule has 5 nitrogen and oxygen atoms in total. The topological polar surface area (TPSA) is 66.8 Å². The fraction of sp³-hybridized carbons (Fsp3) is 0.846. The van der Waals surface area contributed by atoms with Gasteiger partial charge < -0.3 is 14.7 Å². The number of amides is 1. The van der Waals surface area contributed by atoms with Gasteiger partial charge in [-0.05, 0) is 25.7 Å². The molecule has 2 rings (SSSR count). The summed E-state index contributed by atoms with van der Waals surface area (Å²) >= 11 is 0. The van der Waals surface area contributed by atoms with E-state index in [4.69, 9.17) is 4.74 Å². The van der Waals surface area contributed by atoms with Gasteiger partial charge in [-0.1, -0.05) is 6.92 Å². The molecule has 0 aromatic rings. The highest BCUT2D eigenvalue weighted by atomic mass is 16.5. The lowest BCUT2D eigenvalue weighted by atomic mass is 9.77. The Morgan fingerprint density at radius 3 is 2.50 bits per heavy atom. The van der Waals surface area contributed by atoms with E-state index in [1.165, 1.54) is 0 Å². The highest BCUT2D eigenvalue weighted by Gasteiger charge is 2.47. The molecule has 102 valence electrons. The number of carbonyl (C=O) groups is 2. The fourth-order valence-electron chi connectivity index (χ4n) is 3.33. The van der Waals surface area contributed by atoms with Crippen LogP contribution in [0.25, 0.3) is 0 Å². The third-order valence-corrected chi connectivity index (χ3v) is 4.44. The molecule has 1 N–H and O–H groups in total. The predicted octanol–water partition coefficient (Wildman–Crippen LogP) is 1.12. The SMILES string of the molecule is COC1CC(N2C(=O)CC(C)C(C(=O)O)C2C)C1. The quantitative estimate of drug-likeness (QED) is 0.820. The zero-order valence-corrected chi connectivity index (χ0v) is 11.1. The molecule has 0 bridgehead atoms. The Hall–Kier alpha value is -1.10. The Kier molecular flexibility index (Phi) is 3.61. The molecule has 2 fully saturated rings. The summed E-state index contributed by atoms with van der Waals surface area (Å²) in [6.45, 7) is 3.70. The number of carbonyl (C=O) groups excluding carboxylic acids is 1. The van der Waals surface area contributed by atoms with E-state index in [1.807, 2.05) is 13.8 Å². The van der Waals surface area contributed by atoms with E-state index >= 15 is 0 Å². The van der Waals surface area contributed by atoms with E-state index in [0.717, 1.165) is 12.8 Å². The number of piperidine rings is 1. The van der Waals surface area contributed by atoms with Crippen molar-refractivity contribution in [2.45, 2.75) is 51.3 Å². The van der Waals surface area contributed by atoms with Gasteiger partial charge in [0.1, 0.15) is 0 Å². The van der Waals surface area contributed by atoms with Crippen molar-refractivity contribution in [3.63, 3.8) is 0 Å². The summed E-state index contributed by atoms with van der Waals surface area (Å²) in [6, 6.07) is -0.0617. The van der Waals surface area contributed by atoms with Crippen LogP contribution in [0.3, 0.4) is 0 Å². The monoisotopic (exact) mass is 255 g/mol. The number of ether oxygens (including phenoxy) is 1. The van der Waals surface area contributed by atoms with Crippen LogP contribution in [0.2, 0.25) is 0 Å². The van der Waals surface area contributed by atoms with Crippen molar-refractivity contribution >= 4 is 11.9 Å². The number of methoxy groups -OCH3 is 1. The van der Waals surface area contributed by atoms with Crippen LogP contribution in [0.1, 0.15) is 33.1 Å². The molecule has 3 unspecified atom stereocenters. The Labute approximate surface area is 107 Å². The van der Waals surface area contributed by atoms with Crippen LogP contribution in [0.5, 0.6) is 0 Å². The van der Waals surface area contributed by atoms with Crippen LogP contribution >= 0.6 is 0 Å². The highest BCUT2D eigenvalue weighted by Crippen LogP contribution is 2.37. The number of rotatable bonds is 3. The number of carboxylic acid groups (broad SMARTS) is 1. The van der Waals surface area contributed by atoms with E-state index in [0.29, 0.717) is 6.42 Å². The minimum atomic E-state index is -0.796. The molecule has 1 saturated carbocycles. The van der Waals surface area contributed by atoms with Gasteiger partial charge in [-0.3, -0.25) is 9.59 Å². The van der Waals surface area contributed by atoms with Gasteiger partial charge in [0.05, 0.1) is 12.0 Å². The zero-order chi connectivity index (χ0) is 13.4. The minimum absolute atomic E-state index is 0.0838. The minimum Gasteiger partial charge on any atom is -0.481 e. The predicted molar refractivity (Wildman–Crippen MR) is 65.0 cm³/mol. The molecule has 1 heterocycles. The molecular weight excluding hydrogens is 234 g/mol. The molecule has 1 saturated heterocycles.